The summed E-state index contributed by atoms with van der Waals surface area (Å²) < 4.78 is 5.39. The Balaban J connectivity index is 1.28. The molecule has 1 amide bonds. The highest BCUT2D eigenvalue weighted by atomic mass is 32.1. The summed E-state index contributed by atoms with van der Waals surface area (Å²) in [6.45, 7) is 5.96. The van der Waals surface area contributed by atoms with E-state index in [9.17, 15) is 4.79 Å². The average Bonchev–Trinajstić information content (AvgIpc) is 3.18. The van der Waals surface area contributed by atoms with Gasteiger partial charge in [-0.1, -0.05) is 30.3 Å². The van der Waals surface area contributed by atoms with Gasteiger partial charge in [0, 0.05) is 31.6 Å². The number of hydrogen-bond acceptors (Lipinski definition) is 5. The molecule has 2 fully saturated rings. The number of benzene rings is 1. The standard InChI is InChI=1S/C21H27N3O2S/c25-21(19-16-27-20(22-19)15-23-10-12-26-13-11-23)24-8-6-18(7-9-24)14-17-4-2-1-3-5-17/h1-5,16,18H,6-15H2. The highest BCUT2D eigenvalue weighted by Crippen LogP contribution is 2.23. The Morgan fingerprint density at radius 3 is 2.59 bits per heavy atom. The van der Waals surface area contributed by atoms with E-state index in [0.717, 1.165) is 70.2 Å². The lowest BCUT2D eigenvalue weighted by molar-refractivity contribution is 0.0341. The fourth-order valence-electron chi connectivity index (χ4n) is 3.88. The summed E-state index contributed by atoms with van der Waals surface area (Å²) in [4.78, 5) is 21.7. The summed E-state index contributed by atoms with van der Waals surface area (Å²) in [5, 5.41) is 2.95. The number of thiazole rings is 1. The van der Waals surface area contributed by atoms with Gasteiger partial charge in [0.1, 0.15) is 10.7 Å². The molecule has 2 saturated heterocycles. The first-order valence-corrected chi connectivity index (χ1v) is 10.7. The molecule has 1 aromatic heterocycles. The fourth-order valence-corrected chi connectivity index (χ4v) is 4.69. The lowest BCUT2D eigenvalue weighted by Gasteiger charge is -2.31. The predicted octanol–water partition coefficient (Wildman–Crippen LogP) is 3.07. The SMILES string of the molecule is O=C(c1csc(CN2CCOCC2)n1)N1CCC(Cc2ccccc2)CC1. The Labute approximate surface area is 165 Å². The smallest absolute Gasteiger partial charge is 0.273 e. The molecule has 0 saturated carbocycles. The molecular formula is C21H27N3O2S. The van der Waals surface area contributed by atoms with Crippen LogP contribution in [0.1, 0.15) is 33.9 Å². The van der Waals surface area contributed by atoms with Crippen LogP contribution >= 0.6 is 11.3 Å². The number of amides is 1. The maximum atomic E-state index is 12.8. The molecule has 0 bridgehead atoms. The van der Waals surface area contributed by atoms with Crippen LogP contribution in [0.3, 0.4) is 0 Å². The van der Waals surface area contributed by atoms with Crippen LogP contribution < -0.4 is 0 Å². The van der Waals surface area contributed by atoms with Gasteiger partial charge < -0.3 is 9.64 Å². The normalized spacial score (nSPS) is 19.3. The van der Waals surface area contributed by atoms with Gasteiger partial charge in [-0.15, -0.1) is 11.3 Å². The highest BCUT2D eigenvalue weighted by Gasteiger charge is 2.25. The molecule has 0 unspecified atom stereocenters. The van der Waals surface area contributed by atoms with E-state index in [1.807, 2.05) is 10.3 Å². The van der Waals surface area contributed by atoms with Crippen LogP contribution in [-0.4, -0.2) is 60.1 Å². The molecule has 0 atom stereocenters. The zero-order valence-electron chi connectivity index (χ0n) is 15.7. The van der Waals surface area contributed by atoms with E-state index in [4.69, 9.17) is 4.74 Å². The molecule has 5 nitrogen and oxygen atoms in total. The predicted molar refractivity (Wildman–Crippen MR) is 107 cm³/mol. The number of carbonyl (C=O) groups excluding carboxylic acids is 1. The van der Waals surface area contributed by atoms with Gasteiger partial charge in [0.25, 0.3) is 5.91 Å². The maximum Gasteiger partial charge on any atom is 0.273 e. The average molecular weight is 386 g/mol. The number of carbonyl (C=O) groups is 1. The lowest BCUT2D eigenvalue weighted by Crippen LogP contribution is -2.39. The van der Waals surface area contributed by atoms with Crippen molar-refractivity contribution in [2.45, 2.75) is 25.8 Å². The van der Waals surface area contributed by atoms with Gasteiger partial charge in [0.2, 0.25) is 0 Å². The molecule has 0 spiro atoms. The van der Waals surface area contributed by atoms with E-state index < -0.39 is 0 Å². The van der Waals surface area contributed by atoms with Crippen molar-refractivity contribution in [3.05, 3.63) is 52.0 Å². The second kappa shape index (κ2) is 8.95. The van der Waals surface area contributed by atoms with Crippen LogP contribution in [0.25, 0.3) is 0 Å². The first-order chi connectivity index (χ1) is 13.3. The van der Waals surface area contributed by atoms with E-state index >= 15 is 0 Å². The molecule has 1 aromatic carbocycles. The maximum absolute atomic E-state index is 12.8. The summed E-state index contributed by atoms with van der Waals surface area (Å²) in [5.41, 5.74) is 2.01. The van der Waals surface area contributed by atoms with Crippen molar-refractivity contribution >= 4 is 17.2 Å². The van der Waals surface area contributed by atoms with Gasteiger partial charge in [-0.3, -0.25) is 9.69 Å². The van der Waals surface area contributed by atoms with E-state index in [1.165, 1.54) is 5.56 Å². The number of piperidine rings is 1. The number of aromatic nitrogens is 1. The van der Waals surface area contributed by atoms with Gasteiger partial charge >= 0.3 is 0 Å². The fraction of sp³-hybridized carbons (Fsp3) is 0.524. The third-order valence-electron chi connectivity index (χ3n) is 5.50. The largest absolute Gasteiger partial charge is 0.379 e. The molecule has 2 aromatic rings. The van der Waals surface area contributed by atoms with E-state index in [2.05, 4.69) is 40.2 Å². The first kappa shape index (κ1) is 18.6. The number of hydrogen-bond donors (Lipinski definition) is 0. The van der Waals surface area contributed by atoms with E-state index in [0.29, 0.717) is 11.6 Å². The molecule has 4 rings (SSSR count). The monoisotopic (exact) mass is 385 g/mol. The zero-order valence-corrected chi connectivity index (χ0v) is 16.5. The van der Waals surface area contributed by atoms with Crippen LogP contribution in [-0.2, 0) is 17.7 Å². The van der Waals surface area contributed by atoms with E-state index in [1.54, 1.807) is 11.3 Å². The Kier molecular flexibility index (Phi) is 6.17. The van der Waals surface area contributed by atoms with Crippen LogP contribution in [0, 0.1) is 5.92 Å². The van der Waals surface area contributed by atoms with Gasteiger partial charge in [-0.2, -0.15) is 0 Å². The molecule has 144 valence electrons. The zero-order chi connectivity index (χ0) is 18.5. The van der Waals surface area contributed by atoms with Gasteiger partial charge in [-0.25, -0.2) is 4.98 Å². The van der Waals surface area contributed by atoms with Crippen molar-refractivity contribution in [1.82, 2.24) is 14.8 Å². The van der Waals surface area contributed by atoms with Crippen molar-refractivity contribution < 1.29 is 9.53 Å². The molecule has 0 aliphatic carbocycles. The van der Waals surface area contributed by atoms with Crippen LogP contribution in [0.5, 0.6) is 0 Å². The van der Waals surface area contributed by atoms with Crippen LogP contribution in [0.15, 0.2) is 35.7 Å². The van der Waals surface area contributed by atoms with Gasteiger partial charge in [0.15, 0.2) is 0 Å². The quantitative estimate of drug-likeness (QED) is 0.794. The van der Waals surface area contributed by atoms with Crippen molar-refractivity contribution in [3.63, 3.8) is 0 Å². The Bertz CT molecular complexity index is 735. The number of ether oxygens (including phenoxy) is 1. The molecule has 0 N–H and O–H groups in total. The number of rotatable bonds is 5. The molecule has 3 heterocycles. The summed E-state index contributed by atoms with van der Waals surface area (Å²) in [5.74, 6) is 0.765. The molecule has 2 aliphatic rings. The van der Waals surface area contributed by atoms with Crippen LogP contribution in [0.2, 0.25) is 0 Å². The van der Waals surface area contributed by atoms with Crippen molar-refractivity contribution in [2.24, 2.45) is 5.92 Å². The number of likely N-dealkylation sites (tertiary alicyclic amines) is 1. The van der Waals surface area contributed by atoms with Crippen molar-refractivity contribution in [1.29, 1.82) is 0 Å². The molecular weight excluding hydrogens is 358 g/mol. The summed E-state index contributed by atoms with van der Waals surface area (Å²) in [7, 11) is 0. The first-order valence-electron chi connectivity index (χ1n) is 9.85. The minimum atomic E-state index is 0.0950. The topological polar surface area (TPSA) is 45.7 Å². The second-order valence-electron chi connectivity index (χ2n) is 7.44. The van der Waals surface area contributed by atoms with Gasteiger partial charge in [-0.05, 0) is 30.7 Å². The molecule has 0 radical (unpaired) electrons. The Morgan fingerprint density at radius 2 is 1.85 bits per heavy atom. The van der Waals surface area contributed by atoms with E-state index in [-0.39, 0.29) is 5.91 Å². The lowest BCUT2D eigenvalue weighted by atomic mass is 9.90. The van der Waals surface area contributed by atoms with Crippen molar-refractivity contribution in [3.8, 4) is 0 Å². The molecule has 6 heteroatoms. The third-order valence-corrected chi connectivity index (χ3v) is 6.34. The summed E-state index contributed by atoms with van der Waals surface area (Å²) in [6.07, 6.45) is 3.26. The summed E-state index contributed by atoms with van der Waals surface area (Å²) >= 11 is 1.60. The minimum absolute atomic E-state index is 0.0950. The molecule has 27 heavy (non-hydrogen) atoms. The summed E-state index contributed by atoms with van der Waals surface area (Å²) in [6, 6.07) is 10.7. The number of morpholine rings is 1. The van der Waals surface area contributed by atoms with Gasteiger partial charge in [0.05, 0.1) is 19.8 Å². The van der Waals surface area contributed by atoms with Crippen LogP contribution in [0.4, 0.5) is 0 Å². The Hall–Kier alpha value is -1.76. The minimum Gasteiger partial charge on any atom is -0.379 e. The second-order valence-corrected chi connectivity index (χ2v) is 8.38. The Morgan fingerprint density at radius 1 is 1.11 bits per heavy atom. The third kappa shape index (κ3) is 4.94. The highest BCUT2D eigenvalue weighted by molar-refractivity contribution is 7.09. The molecule has 2 aliphatic heterocycles. The number of nitrogens with zero attached hydrogens (tertiary/aromatic N) is 3. The van der Waals surface area contributed by atoms with Crippen molar-refractivity contribution in [2.75, 3.05) is 39.4 Å².